The van der Waals surface area contributed by atoms with Gasteiger partial charge in [0.15, 0.2) is 5.76 Å². The first-order valence-corrected chi connectivity index (χ1v) is 4.63. The van der Waals surface area contributed by atoms with E-state index < -0.39 is 0 Å². The van der Waals surface area contributed by atoms with Crippen LogP contribution in [0.2, 0.25) is 0 Å². The van der Waals surface area contributed by atoms with Gasteiger partial charge < -0.3 is 9.32 Å². The fourth-order valence-corrected chi connectivity index (χ4v) is 1.78. The highest BCUT2D eigenvalue weighted by Gasteiger charge is 2.27. The molecule has 70 valence electrons. The lowest BCUT2D eigenvalue weighted by Gasteiger charge is -2.19. The fourth-order valence-electron chi connectivity index (χ4n) is 1.78. The van der Waals surface area contributed by atoms with Crippen LogP contribution in [0.25, 0.3) is 0 Å². The number of likely N-dealkylation sites (tertiary alicyclic amines) is 1. The van der Waals surface area contributed by atoms with Crippen molar-refractivity contribution in [1.29, 1.82) is 0 Å². The lowest BCUT2D eigenvalue weighted by atomic mass is 10.2. The van der Waals surface area contributed by atoms with E-state index in [2.05, 4.69) is 6.92 Å². The molecule has 1 saturated heterocycles. The SMILES string of the molecule is CC1CCCN1C(=O)c1ccco1. The summed E-state index contributed by atoms with van der Waals surface area (Å²) in [7, 11) is 0. The first kappa shape index (κ1) is 8.35. The number of hydrogen-bond donors (Lipinski definition) is 0. The Morgan fingerprint density at radius 2 is 2.54 bits per heavy atom. The number of carbonyl (C=O) groups excluding carboxylic acids is 1. The van der Waals surface area contributed by atoms with Gasteiger partial charge >= 0.3 is 0 Å². The van der Waals surface area contributed by atoms with E-state index in [1.165, 1.54) is 6.26 Å². The van der Waals surface area contributed by atoms with E-state index in [-0.39, 0.29) is 5.91 Å². The molecule has 0 spiro atoms. The molecule has 2 heterocycles. The number of nitrogens with zero attached hydrogens (tertiary/aromatic N) is 1. The van der Waals surface area contributed by atoms with Gasteiger partial charge in [-0.3, -0.25) is 4.79 Å². The molecule has 2 rings (SSSR count). The van der Waals surface area contributed by atoms with Crippen LogP contribution in [0, 0.1) is 0 Å². The van der Waals surface area contributed by atoms with Crippen LogP contribution in [0.5, 0.6) is 0 Å². The fraction of sp³-hybridized carbons (Fsp3) is 0.500. The summed E-state index contributed by atoms with van der Waals surface area (Å²) >= 11 is 0. The second-order valence-corrected chi connectivity index (χ2v) is 3.47. The molecule has 1 aromatic heterocycles. The van der Waals surface area contributed by atoms with Crippen molar-refractivity contribution < 1.29 is 9.21 Å². The maximum atomic E-state index is 11.8. The van der Waals surface area contributed by atoms with Gasteiger partial charge in [-0.15, -0.1) is 0 Å². The molecule has 1 atom stereocenters. The van der Waals surface area contributed by atoms with Crippen LogP contribution in [0.15, 0.2) is 22.8 Å². The van der Waals surface area contributed by atoms with Crippen molar-refractivity contribution in [1.82, 2.24) is 4.90 Å². The highest BCUT2D eigenvalue weighted by atomic mass is 16.3. The lowest BCUT2D eigenvalue weighted by molar-refractivity contribution is 0.0715. The molecule has 0 N–H and O–H groups in total. The molecule has 1 unspecified atom stereocenters. The molecular formula is C10H13NO2. The second-order valence-electron chi connectivity index (χ2n) is 3.47. The van der Waals surface area contributed by atoms with Crippen LogP contribution in [-0.2, 0) is 0 Å². The van der Waals surface area contributed by atoms with Gasteiger partial charge in [-0.2, -0.15) is 0 Å². The zero-order valence-corrected chi connectivity index (χ0v) is 7.69. The van der Waals surface area contributed by atoms with E-state index in [4.69, 9.17) is 4.42 Å². The van der Waals surface area contributed by atoms with Crippen molar-refractivity contribution in [2.75, 3.05) is 6.54 Å². The van der Waals surface area contributed by atoms with Crippen LogP contribution in [0.3, 0.4) is 0 Å². The Kier molecular flexibility index (Phi) is 2.08. The molecule has 0 saturated carbocycles. The van der Waals surface area contributed by atoms with Crippen molar-refractivity contribution >= 4 is 5.91 Å². The van der Waals surface area contributed by atoms with Gasteiger partial charge in [0.1, 0.15) is 0 Å². The molecular weight excluding hydrogens is 166 g/mol. The molecule has 1 aliphatic heterocycles. The number of rotatable bonds is 1. The summed E-state index contributed by atoms with van der Waals surface area (Å²) < 4.78 is 5.06. The zero-order chi connectivity index (χ0) is 9.26. The highest BCUT2D eigenvalue weighted by molar-refractivity contribution is 5.91. The summed E-state index contributed by atoms with van der Waals surface area (Å²) in [5.41, 5.74) is 0. The molecule has 3 nitrogen and oxygen atoms in total. The van der Waals surface area contributed by atoms with Gasteiger partial charge in [-0.25, -0.2) is 0 Å². The minimum Gasteiger partial charge on any atom is -0.459 e. The van der Waals surface area contributed by atoms with E-state index in [0.717, 1.165) is 19.4 Å². The van der Waals surface area contributed by atoms with Crippen molar-refractivity contribution in [2.45, 2.75) is 25.8 Å². The van der Waals surface area contributed by atoms with Crippen molar-refractivity contribution in [2.24, 2.45) is 0 Å². The summed E-state index contributed by atoms with van der Waals surface area (Å²) in [6.45, 7) is 2.94. The Morgan fingerprint density at radius 1 is 1.69 bits per heavy atom. The average Bonchev–Trinajstić information content (AvgIpc) is 2.72. The Bertz CT molecular complexity index is 292. The monoisotopic (exact) mass is 179 g/mol. The van der Waals surface area contributed by atoms with Gasteiger partial charge in [-0.05, 0) is 31.9 Å². The first-order valence-electron chi connectivity index (χ1n) is 4.63. The third-order valence-corrected chi connectivity index (χ3v) is 2.55. The summed E-state index contributed by atoms with van der Waals surface area (Å²) in [6.07, 6.45) is 3.74. The normalized spacial score (nSPS) is 22.2. The zero-order valence-electron chi connectivity index (χ0n) is 7.69. The molecule has 13 heavy (non-hydrogen) atoms. The molecule has 3 heteroatoms. The second kappa shape index (κ2) is 3.24. The van der Waals surface area contributed by atoms with E-state index in [1.807, 2.05) is 4.90 Å². The molecule has 0 aromatic carbocycles. The Balaban J connectivity index is 2.13. The van der Waals surface area contributed by atoms with Crippen LogP contribution >= 0.6 is 0 Å². The van der Waals surface area contributed by atoms with Crippen LogP contribution in [0.4, 0.5) is 0 Å². The summed E-state index contributed by atoms with van der Waals surface area (Å²) in [6, 6.07) is 3.82. The number of hydrogen-bond acceptors (Lipinski definition) is 2. The molecule has 1 aromatic rings. The molecule has 1 fully saturated rings. The Labute approximate surface area is 77.3 Å². The van der Waals surface area contributed by atoms with E-state index in [0.29, 0.717) is 11.8 Å². The third kappa shape index (κ3) is 1.46. The number of carbonyl (C=O) groups is 1. The Hall–Kier alpha value is -1.25. The average molecular weight is 179 g/mol. The highest BCUT2D eigenvalue weighted by Crippen LogP contribution is 2.19. The number of amides is 1. The standard InChI is InChI=1S/C10H13NO2/c1-8-4-2-6-11(8)10(12)9-5-3-7-13-9/h3,5,7-8H,2,4,6H2,1H3. The first-order chi connectivity index (χ1) is 6.29. The Morgan fingerprint density at radius 3 is 3.08 bits per heavy atom. The van der Waals surface area contributed by atoms with Crippen molar-refractivity contribution in [3.05, 3.63) is 24.2 Å². The summed E-state index contributed by atoms with van der Waals surface area (Å²) in [5.74, 6) is 0.476. The smallest absolute Gasteiger partial charge is 0.289 e. The lowest BCUT2D eigenvalue weighted by Crippen LogP contribution is -2.33. The molecule has 1 aliphatic rings. The van der Waals surface area contributed by atoms with Gasteiger partial charge in [0.05, 0.1) is 6.26 Å². The predicted octanol–water partition coefficient (Wildman–Crippen LogP) is 1.90. The predicted molar refractivity (Wildman–Crippen MR) is 48.4 cm³/mol. The maximum absolute atomic E-state index is 11.8. The molecule has 0 radical (unpaired) electrons. The minimum absolute atomic E-state index is 0.0231. The topological polar surface area (TPSA) is 33.5 Å². The van der Waals surface area contributed by atoms with Crippen LogP contribution in [-0.4, -0.2) is 23.4 Å². The molecule has 0 aliphatic carbocycles. The largest absolute Gasteiger partial charge is 0.459 e. The van der Waals surface area contributed by atoms with Gasteiger partial charge in [0, 0.05) is 12.6 Å². The van der Waals surface area contributed by atoms with E-state index >= 15 is 0 Å². The van der Waals surface area contributed by atoms with E-state index in [1.54, 1.807) is 12.1 Å². The van der Waals surface area contributed by atoms with Crippen LogP contribution < -0.4 is 0 Å². The van der Waals surface area contributed by atoms with Gasteiger partial charge in [0.2, 0.25) is 0 Å². The van der Waals surface area contributed by atoms with Crippen molar-refractivity contribution in [3.63, 3.8) is 0 Å². The van der Waals surface area contributed by atoms with Gasteiger partial charge in [0.25, 0.3) is 5.91 Å². The van der Waals surface area contributed by atoms with Gasteiger partial charge in [-0.1, -0.05) is 0 Å². The maximum Gasteiger partial charge on any atom is 0.289 e. The molecule has 0 bridgehead atoms. The van der Waals surface area contributed by atoms with E-state index in [9.17, 15) is 4.79 Å². The molecule has 1 amide bonds. The quantitative estimate of drug-likeness (QED) is 0.659. The summed E-state index contributed by atoms with van der Waals surface area (Å²) in [5, 5.41) is 0. The number of furan rings is 1. The third-order valence-electron chi connectivity index (χ3n) is 2.55. The summed E-state index contributed by atoms with van der Waals surface area (Å²) in [4.78, 5) is 13.6. The van der Waals surface area contributed by atoms with Crippen LogP contribution in [0.1, 0.15) is 30.3 Å². The van der Waals surface area contributed by atoms with Crippen molar-refractivity contribution in [3.8, 4) is 0 Å². The minimum atomic E-state index is 0.0231.